The molecule has 1 atom stereocenters. The van der Waals surface area contributed by atoms with Crippen LogP contribution in [0.5, 0.6) is 11.5 Å². The van der Waals surface area contributed by atoms with Gasteiger partial charge in [-0.1, -0.05) is 13.3 Å². The molecule has 0 saturated heterocycles. The number of fused-ring (bicyclic) bond motifs is 3. The molecular formula is C14H18O3. The maximum absolute atomic E-state index is 10.1. The lowest BCUT2D eigenvalue weighted by atomic mass is 9.91. The summed E-state index contributed by atoms with van der Waals surface area (Å²) in [6.45, 7) is 3.58. The lowest BCUT2D eigenvalue weighted by Crippen LogP contribution is -2.17. The predicted octanol–water partition coefficient (Wildman–Crippen LogP) is 2.74. The highest BCUT2D eigenvalue weighted by Crippen LogP contribution is 2.45. The van der Waals surface area contributed by atoms with E-state index in [1.54, 1.807) is 0 Å². The van der Waals surface area contributed by atoms with E-state index in [0.29, 0.717) is 12.4 Å². The average Bonchev–Trinajstić information content (AvgIpc) is 2.78. The molecule has 3 nitrogen and oxygen atoms in total. The fourth-order valence-corrected chi connectivity index (χ4v) is 2.86. The Balaban J connectivity index is 2.13. The molecule has 1 aromatic carbocycles. The molecule has 1 N–H and O–H groups in total. The summed E-state index contributed by atoms with van der Waals surface area (Å²) in [6, 6.07) is 1.87. The zero-order valence-electron chi connectivity index (χ0n) is 10.2. The summed E-state index contributed by atoms with van der Waals surface area (Å²) in [5.41, 5.74) is 3.29. The van der Waals surface area contributed by atoms with E-state index >= 15 is 0 Å². The molecule has 2 aliphatic heterocycles. The van der Waals surface area contributed by atoms with E-state index in [-0.39, 0.29) is 6.10 Å². The van der Waals surface area contributed by atoms with Gasteiger partial charge in [-0.3, -0.25) is 0 Å². The van der Waals surface area contributed by atoms with E-state index in [2.05, 4.69) is 6.92 Å². The Hall–Kier alpha value is -1.22. The monoisotopic (exact) mass is 234 g/mol. The summed E-state index contributed by atoms with van der Waals surface area (Å²) in [6.07, 6.45) is 3.86. The molecule has 3 heteroatoms. The number of rotatable bonds is 2. The summed E-state index contributed by atoms with van der Waals surface area (Å²) in [7, 11) is 0. The fourth-order valence-electron chi connectivity index (χ4n) is 2.86. The molecule has 17 heavy (non-hydrogen) atoms. The van der Waals surface area contributed by atoms with Crippen molar-refractivity contribution >= 4 is 0 Å². The third-order valence-electron chi connectivity index (χ3n) is 3.64. The van der Waals surface area contributed by atoms with Crippen LogP contribution in [0.15, 0.2) is 6.07 Å². The van der Waals surface area contributed by atoms with Crippen LogP contribution in [0.4, 0.5) is 0 Å². The standard InChI is InChI=1S/C14H18O3/c1-2-3-12-13-10(5-7-16-12)11(15)8-9-4-6-17-14(9)13/h8,12,15H,2-7H2,1H3/t12-/m0/s1. The summed E-state index contributed by atoms with van der Waals surface area (Å²) >= 11 is 0. The van der Waals surface area contributed by atoms with Gasteiger partial charge in [-0.25, -0.2) is 0 Å². The SMILES string of the molecule is CCC[C@@H]1OCCc2c(O)cc3c(c21)OCC3. The second-order valence-electron chi connectivity index (χ2n) is 4.77. The van der Waals surface area contributed by atoms with Crippen LogP contribution >= 0.6 is 0 Å². The van der Waals surface area contributed by atoms with E-state index < -0.39 is 0 Å². The number of hydrogen-bond donors (Lipinski definition) is 1. The van der Waals surface area contributed by atoms with Crippen LogP contribution in [0.3, 0.4) is 0 Å². The van der Waals surface area contributed by atoms with Gasteiger partial charge in [0, 0.05) is 23.1 Å². The highest BCUT2D eigenvalue weighted by atomic mass is 16.5. The quantitative estimate of drug-likeness (QED) is 0.855. The van der Waals surface area contributed by atoms with Crippen LogP contribution in [0, 0.1) is 0 Å². The predicted molar refractivity (Wildman–Crippen MR) is 64.6 cm³/mol. The van der Waals surface area contributed by atoms with Gasteiger partial charge in [0.15, 0.2) is 0 Å². The smallest absolute Gasteiger partial charge is 0.128 e. The minimum Gasteiger partial charge on any atom is -0.508 e. The second kappa shape index (κ2) is 4.22. The van der Waals surface area contributed by atoms with E-state index in [1.807, 2.05) is 6.07 Å². The molecule has 0 unspecified atom stereocenters. The summed E-state index contributed by atoms with van der Waals surface area (Å²) in [4.78, 5) is 0. The number of aromatic hydroxyl groups is 1. The molecule has 3 rings (SSSR count). The Labute approximate surface area is 101 Å². The van der Waals surface area contributed by atoms with Gasteiger partial charge in [0.05, 0.1) is 19.3 Å². The minimum atomic E-state index is 0.0997. The number of hydrogen-bond acceptors (Lipinski definition) is 3. The summed E-state index contributed by atoms with van der Waals surface area (Å²) in [5, 5.41) is 10.1. The fraction of sp³-hybridized carbons (Fsp3) is 0.571. The lowest BCUT2D eigenvalue weighted by molar-refractivity contribution is 0.0335. The van der Waals surface area contributed by atoms with Gasteiger partial charge in [0.2, 0.25) is 0 Å². The largest absolute Gasteiger partial charge is 0.508 e. The molecule has 1 aromatic rings. The van der Waals surface area contributed by atoms with Gasteiger partial charge in [0.1, 0.15) is 11.5 Å². The van der Waals surface area contributed by atoms with Crippen molar-refractivity contribution in [1.82, 2.24) is 0 Å². The molecule has 0 bridgehead atoms. The molecule has 0 fully saturated rings. The van der Waals surface area contributed by atoms with Crippen molar-refractivity contribution in [2.24, 2.45) is 0 Å². The van der Waals surface area contributed by atoms with Crippen LogP contribution < -0.4 is 4.74 Å². The molecule has 0 aromatic heterocycles. The molecule has 0 amide bonds. The first kappa shape index (κ1) is 10.9. The van der Waals surface area contributed by atoms with Gasteiger partial charge in [-0.05, 0) is 18.9 Å². The van der Waals surface area contributed by atoms with Crippen molar-refractivity contribution in [3.8, 4) is 11.5 Å². The van der Waals surface area contributed by atoms with Crippen molar-refractivity contribution in [2.45, 2.75) is 38.7 Å². The van der Waals surface area contributed by atoms with Crippen molar-refractivity contribution < 1.29 is 14.6 Å². The van der Waals surface area contributed by atoms with Crippen LogP contribution in [0.1, 0.15) is 42.6 Å². The zero-order chi connectivity index (χ0) is 11.8. The molecule has 0 aliphatic carbocycles. The van der Waals surface area contributed by atoms with Crippen molar-refractivity contribution in [1.29, 1.82) is 0 Å². The molecule has 0 radical (unpaired) electrons. The minimum absolute atomic E-state index is 0.0997. The van der Waals surface area contributed by atoms with E-state index in [4.69, 9.17) is 9.47 Å². The highest BCUT2D eigenvalue weighted by molar-refractivity contribution is 5.56. The zero-order valence-corrected chi connectivity index (χ0v) is 10.2. The van der Waals surface area contributed by atoms with Gasteiger partial charge in [-0.2, -0.15) is 0 Å². The van der Waals surface area contributed by atoms with Crippen molar-refractivity contribution in [3.63, 3.8) is 0 Å². The maximum atomic E-state index is 10.1. The topological polar surface area (TPSA) is 38.7 Å². The van der Waals surface area contributed by atoms with Crippen LogP contribution in [-0.4, -0.2) is 18.3 Å². The number of benzene rings is 1. The summed E-state index contributed by atoms with van der Waals surface area (Å²) in [5.74, 6) is 1.41. The molecule has 92 valence electrons. The highest BCUT2D eigenvalue weighted by Gasteiger charge is 2.30. The Bertz CT molecular complexity index is 436. The van der Waals surface area contributed by atoms with E-state index in [0.717, 1.165) is 54.7 Å². The first-order valence-corrected chi connectivity index (χ1v) is 6.43. The number of phenolic OH excluding ortho intramolecular Hbond substituents is 1. The summed E-state index contributed by atoms with van der Waals surface area (Å²) < 4.78 is 11.6. The van der Waals surface area contributed by atoms with Crippen LogP contribution in [0.2, 0.25) is 0 Å². The Morgan fingerprint density at radius 2 is 2.24 bits per heavy atom. The lowest BCUT2D eigenvalue weighted by Gasteiger charge is -2.28. The van der Waals surface area contributed by atoms with Gasteiger partial charge in [-0.15, -0.1) is 0 Å². The third kappa shape index (κ3) is 1.69. The number of ether oxygens (including phenoxy) is 2. The van der Waals surface area contributed by atoms with Crippen LogP contribution in [-0.2, 0) is 17.6 Å². The van der Waals surface area contributed by atoms with E-state index in [9.17, 15) is 5.11 Å². The molecule has 2 aliphatic rings. The maximum Gasteiger partial charge on any atom is 0.128 e. The Kier molecular flexibility index (Phi) is 2.71. The molecular weight excluding hydrogens is 216 g/mol. The second-order valence-corrected chi connectivity index (χ2v) is 4.77. The van der Waals surface area contributed by atoms with Crippen molar-refractivity contribution in [3.05, 3.63) is 22.8 Å². The van der Waals surface area contributed by atoms with Crippen LogP contribution in [0.25, 0.3) is 0 Å². The third-order valence-corrected chi connectivity index (χ3v) is 3.64. The molecule has 0 saturated carbocycles. The molecule has 2 heterocycles. The first-order chi connectivity index (χ1) is 8.31. The first-order valence-electron chi connectivity index (χ1n) is 6.43. The van der Waals surface area contributed by atoms with Crippen molar-refractivity contribution in [2.75, 3.05) is 13.2 Å². The average molecular weight is 234 g/mol. The van der Waals surface area contributed by atoms with Gasteiger partial charge >= 0.3 is 0 Å². The Morgan fingerprint density at radius 1 is 1.35 bits per heavy atom. The normalized spacial score (nSPS) is 21.8. The number of phenols is 1. The molecule has 0 spiro atoms. The van der Waals surface area contributed by atoms with E-state index in [1.165, 1.54) is 0 Å². The Morgan fingerprint density at radius 3 is 3.06 bits per heavy atom. The van der Waals surface area contributed by atoms with Gasteiger partial charge < -0.3 is 14.6 Å². The van der Waals surface area contributed by atoms with Gasteiger partial charge in [0.25, 0.3) is 0 Å².